The van der Waals surface area contributed by atoms with Gasteiger partial charge in [0.1, 0.15) is 11.5 Å². The van der Waals surface area contributed by atoms with E-state index in [0.29, 0.717) is 12.2 Å². The van der Waals surface area contributed by atoms with Gasteiger partial charge in [-0.2, -0.15) is 0 Å². The maximum absolute atomic E-state index is 13.2. The SMILES string of the molecule is COc1cc(C)c(/C(O)=C2\C(=O)C(=O)N(CCOC(C)C)C2c2sccc2C)cc1C(C)C. The molecule has 178 valence electrons. The van der Waals surface area contributed by atoms with Gasteiger partial charge in [0, 0.05) is 17.0 Å². The highest BCUT2D eigenvalue weighted by atomic mass is 32.1. The number of nitrogens with zero attached hydrogens (tertiary/aromatic N) is 1. The third kappa shape index (κ3) is 4.84. The fourth-order valence-electron chi connectivity index (χ4n) is 4.16. The van der Waals surface area contributed by atoms with Crippen molar-refractivity contribution in [2.24, 2.45) is 0 Å². The van der Waals surface area contributed by atoms with Crippen LogP contribution in [0, 0.1) is 13.8 Å². The van der Waals surface area contributed by atoms with Crippen molar-refractivity contribution in [3.05, 3.63) is 56.3 Å². The number of carbonyl (C=O) groups is 2. The first-order valence-electron chi connectivity index (χ1n) is 11.2. The molecule has 0 saturated carbocycles. The highest BCUT2D eigenvalue weighted by molar-refractivity contribution is 7.10. The quantitative estimate of drug-likeness (QED) is 0.319. The Morgan fingerprint density at radius 1 is 1.15 bits per heavy atom. The zero-order valence-electron chi connectivity index (χ0n) is 20.4. The summed E-state index contributed by atoms with van der Waals surface area (Å²) in [5.74, 6) is -0.553. The van der Waals surface area contributed by atoms with Crippen molar-refractivity contribution in [1.29, 1.82) is 0 Å². The van der Waals surface area contributed by atoms with Gasteiger partial charge in [-0.3, -0.25) is 9.59 Å². The lowest BCUT2D eigenvalue weighted by Gasteiger charge is -2.25. The number of aryl methyl sites for hydroxylation is 2. The molecule has 6 nitrogen and oxygen atoms in total. The summed E-state index contributed by atoms with van der Waals surface area (Å²) >= 11 is 1.48. The number of ketones is 1. The van der Waals surface area contributed by atoms with Gasteiger partial charge in [0.15, 0.2) is 0 Å². The summed E-state index contributed by atoms with van der Waals surface area (Å²) < 4.78 is 11.2. The maximum atomic E-state index is 13.2. The van der Waals surface area contributed by atoms with E-state index < -0.39 is 17.7 Å². The third-order valence-corrected chi connectivity index (χ3v) is 7.00. The van der Waals surface area contributed by atoms with Crippen molar-refractivity contribution in [2.75, 3.05) is 20.3 Å². The lowest BCUT2D eigenvalue weighted by molar-refractivity contribution is -0.140. The number of aliphatic hydroxyl groups is 1. The van der Waals surface area contributed by atoms with Crippen molar-refractivity contribution in [1.82, 2.24) is 4.90 Å². The third-order valence-electron chi connectivity index (χ3n) is 5.93. The van der Waals surface area contributed by atoms with Crippen LogP contribution >= 0.6 is 11.3 Å². The van der Waals surface area contributed by atoms with E-state index >= 15 is 0 Å². The zero-order chi connectivity index (χ0) is 24.4. The molecular formula is C26H33NO5S. The number of carbonyl (C=O) groups excluding carboxylic acids is 2. The smallest absolute Gasteiger partial charge is 0.295 e. The van der Waals surface area contributed by atoms with Crippen molar-refractivity contribution < 1.29 is 24.2 Å². The Kier molecular flexibility index (Phi) is 7.65. The summed E-state index contributed by atoms with van der Waals surface area (Å²) in [7, 11) is 1.62. The first-order chi connectivity index (χ1) is 15.6. The van der Waals surface area contributed by atoms with Gasteiger partial charge in [0.05, 0.1) is 31.4 Å². The summed E-state index contributed by atoms with van der Waals surface area (Å²) in [6, 6.07) is 5.04. The molecule has 33 heavy (non-hydrogen) atoms. The van der Waals surface area contributed by atoms with Crippen LogP contribution in [0.5, 0.6) is 5.75 Å². The number of amides is 1. The second kappa shape index (κ2) is 10.1. The first-order valence-corrected chi connectivity index (χ1v) is 12.1. The van der Waals surface area contributed by atoms with Gasteiger partial charge in [-0.1, -0.05) is 13.8 Å². The second-order valence-corrected chi connectivity index (χ2v) is 9.89. The number of thiophene rings is 1. The van der Waals surface area contributed by atoms with Crippen molar-refractivity contribution in [2.45, 2.75) is 59.6 Å². The Morgan fingerprint density at radius 3 is 2.39 bits per heavy atom. The number of hydrogen-bond acceptors (Lipinski definition) is 6. The number of benzene rings is 1. The molecule has 2 heterocycles. The molecule has 1 fully saturated rings. The van der Waals surface area contributed by atoms with Crippen LogP contribution in [0.1, 0.15) is 66.8 Å². The van der Waals surface area contributed by atoms with Crippen LogP contribution in [-0.2, 0) is 14.3 Å². The molecular weight excluding hydrogens is 438 g/mol. The number of likely N-dealkylation sites (tertiary alicyclic amines) is 1. The average Bonchev–Trinajstić information content (AvgIpc) is 3.28. The summed E-state index contributed by atoms with van der Waals surface area (Å²) in [6.45, 7) is 12.3. The number of hydrogen-bond donors (Lipinski definition) is 1. The lowest BCUT2D eigenvalue weighted by Crippen LogP contribution is -2.33. The van der Waals surface area contributed by atoms with E-state index in [1.807, 2.05) is 65.1 Å². The van der Waals surface area contributed by atoms with Gasteiger partial charge in [-0.15, -0.1) is 11.3 Å². The highest BCUT2D eigenvalue weighted by Gasteiger charge is 2.47. The summed E-state index contributed by atoms with van der Waals surface area (Å²) in [6.07, 6.45) is 0.0140. The standard InChI is InChI=1S/C26H33NO5S/c1-14(2)18-13-19(17(6)12-20(18)31-7)23(28)21-22(25-16(5)8-11-33-25)27(26(30)24(21)29)9-10-32-15(3)4/h8,11-15,22,28H,9-10H2,1-7H3/b23-21+. The van der Waals surface area contributed by atoms with Crippen LogP contribution in [0.15, 0.2) is 29.2 Å². The minimum Gasteiger partial charge on any atom is -0.507 e. The Hall–Kier alpha value is -2.64. The van der Waals surface area contributed by atoms with E-state index in [-0.39, 0.29) is 29.9 Å². The van der Waals surface area contributed by atoms with Crippen LogP contribution in [0.4, 0.5) is 0 Å². The monoisotopic (exact) mass is 471 g/mol. The predicted molar refractivity (Wildman–Crippen MR) is 131 cm³/mol. The Labute approximate surface area is 199 Å². The molecule has 1 aromatic carbocycles. The average molecular weight is 472 g/mol. The van der Waals surface area contributed by atoms with Crippen LogP contribution in [0.2, 0.25) is 0 Å². The molecule has 7 heteroatoms. The predicted octanol–water partition coefficient (Wildman–Crippen LogP) is 5.34. The molecule has 1 aliphatic rings. The second-order valence-electron chi connectivity index (χ2n) is 8.94. The lowest BCUT2D eigenvalue weighted by atomic mass is 9.92. The summed E-state index contributed by atoms with van der Waals surface area (Å²) in [5.41, 5.74) is 3.33. The first kappa shape index (κ1) is 25.0. The van der Waals surface area contributed by atoms with E-state index in [2.05, 4.69) is 0 Å². The maximum Gasteiger partial charge on any atom is 0.295 e. The van der Waals surface area contributed by atoms with Crippen LogP contribution in [0.25, 0.3) is 5.76 Å². The molecule has 1 atom stereocenters. The fraction of sp³-hybridized carbons (Fsp3) is 0.462. The molecule has 0 bridgehead atoms. The summed E-state index contributed by atoms with van der Waals surface area (Å²) in [5, 5.41) is 13.4. The number of Topliss-reactive ketones (excluding diaryl/α,β-unsaturated/α-hetero) is 1. The number of rotatable bonds is 8. The molecule has 1 amide bonds. The molecule has 1 N–H and O–H groups in total. The van der Waals surface area contributed by atoms with E-state index in [4.69, 9.17) is 9.47 Å². The van der Waals surface area contributed by atoms with Crippen molar-refractivity contribution in [3.8, 4) is 5.75 Å². The van der Waals surface area contributed by atoms with Gasteiger partial charge in [0.2, 0.25) is 0 Å². The van der Waals surface area contributed by atoms with Gasteiger partial charge in [-0.25, -0.2) is 0 Å². The molecule has 3 rings (SSSR count). The number of methoxy groups -OCH3 is 1. The Balaban J connectivity index is 2.18. The van der Waals surface area contributed by atoms with Gasteiger partial charge in [0.25, 0.3) is 11.7 Å². The largest absolute Gasteiger partial charge is 0.507 e. The highest BCUT2D eigenvalue weighted by Crippen LogP contribution is 2.43. The van der Waals surface area contributed by atoms with Gasteiger partial charge < -0.3 is 19.5 Å². The summed E-state index contributed by atoms with van der Waals surface area (Å²) in [4.78, 5) is 28.7. The van der Waals surface area contributed by atoms with E-state index in [0.717, 1.165) is 27.3 Å². The molecule has 0 radical (unpaired) electrons. The Bertz CT molecular complexity index is 1080. The van der Waals surface area contributed by atoms with Crippen LogP contribution in [0.3, 0.4) is 0 Å². The van der Waals surface area contributed by atoms with Crippen molar-refractivity contribution >= 4 is 28.8 Å². The van der Waals surface area contributed by atoms with Crippen molar-refractivity contribution in [3.63, 3.8) is 0 Å². The van der Waals surface area contributed by atoms with Crippen LogP contribution in [-0.4, -0.2) is 48.1 Å². The molecule has 1 aliphatic heterocycles. The normalized spacial score (nSPS) is 18.1. The van der Waals surface area contributed by atoms with Gasteiger partial charge >= 0.3 is 0 Å². The van der Waals surface area contributed by atoms with E-state index in [1.165, 1.54) is 16.2 Å². The molecule has 1 unspecified atom stereocenters. The topological polar surface area (TPSA) is 76.1 Å². The number of ether oxygens (including phenoxy) is 2. The van der Waals surface area contributed by atoms with Crippen LogP contribution < -0.4 is 4.74 Å². The van der Waals surface area contributed by atoms with Gasteiger partial charge in [-0.05, 0) is 73.9 Å². The molecule has 1 saturated heterocycles. The fourth-order valence-corrected chi connectivity index (χ4v) is 5.21. The van der Waals surface area contributed by atoms with E-state index in [9.17, 15) is 14.7 Å². The molecule has 1 aromatic heterocycles. The Morgan fingerprint density at radius 2 is 1.85 bits per heavy atom. The number of aliphatic hydroxyl groups excluding tert-OH is 1. The van der Waals surface area contributed by atoms with E-state index in [1.54, 1.807) is 7.11 Å². The molecule has 0 spiro atoms. The molecule has 0 aliphatic carbocycles. The molecule has 2 aromatic rings. The zero-order valence-corrected chi connectivity index (χ0v) is 21.2. The minimum atomic E-state index is -0.670. The minimum absolute atomic E-state index is 0.0140.